The molecule has 0 saturated heterocycles. The molecule has 0 aliphatic rings. The maximum Gasteiger partial charge on any atom is 0.193 e. The van der Waals surface area contributed by atoms with Crippen molar-refractivity contribution in [3.05, 3.63) is 65.7 Å². The zero-order valence-corrected chi connectivity index (χ0v) is 13.2. The number of anilines is 3. The first-order valence-corrected chi connectivity index (χ1v) is 7.37. The topological polar surface area (TPSA) is 72.3 Å². The molecule has 4 heteroatoms. The van der Waals surface area contributed by atoms with Crippen molar-refractivity contribution in [2.75, 3.05) is 30.5 Å². The molecule has 23 heavy (non-hydrogen) atoms. The minimum absolute atomic E-state index is 0.0782. The first-order chi connectivity index (χ1) is 11.0. The Kier molecular flexibility index (Phi) is 3.66. The fourth-order valence-corrected chi connectivity index (χ4v) is 2.83. The van der Waals surface area contributed by atoms with Crippen LogP contribution in [0.1, 0.15) is 15.9 Å². The molecule has 4 nitrogen and oxygen atoms in total. The highest BCUT2D eigenvalue weighted by molar-refractivity contribution is 6.18. The largest absolute Gasteiger partial charge is 0.399 e. The van der Waals surface area contributed by atoms with Gasteiger partial charge in [0.1, 0.15) is 0 Å². The lowest BCUT2D eigenvalue weighted by Gasteiger charge is -2.17. The van der Waals surface area contributed by atoms with Crippen molar-refractivity contribution in [1.29, 1.82) is 0 Å². The van der Waals surface area contributed by atoms with E-state index in [4.69, 9.17) is 11.5 Å². The second-order valence-electron chi connectivity index (χ2n) is 5.79. The molecule has 116 valence electrons. The van der Waals surface area contributed by atoms with Gasteiger partial charge in [-0.25, -0.2) is 0 Å². The number of nitrogens with zero attached hydrogens (tertiary/aromatic N) is 1. The van der Waals surface area contributed by atoms with E-state index in [-0.39, 0.29) is 5.78 Å². The predicted octanol–water partition coefficient (Wildman–Crippen LogP) is 3.30. The molecule has 0 atom stereocenters. The smallest absolute Gasteiger partial charge is 0.193 e. The SMILES string of the molecule is CN(C)c1ccc(C(=O)c2cc(N)cc(N)c2)c2ccccc12. The molecule has 0 aromatic heterocycles. The minimum atomic E-state index is -0.0782. The van der Waals surface area contributed by atoms with Gasteiger partial charge in [-0.1, -0.05) is 24.3 Å². The van der Waals surface area contributed by atoms with Gasteiger partial charge in [-0.05, 0) is 35.7 Å². The molecule has 3 aromatic carbocycles. The van der Waals surface area contributed by atoms with Crippen LogP contribution in [0, 0.1) is 0 Å². The second kappa shape index (κ2) is 5.65. The molecule has 0 radical (unpaired) electrons. The van der Waals surface area contributed by atoms with Gasteiger partial charge in [0.15, 0.2) is 5.78 Å². The van der Waals surface area contributed by atoms with Crippen LogP contribution in [0.25, 0.3) is 10.8 Å². The van der Waals surface area contributed by atoms with E-state index in [2.05, 4.69) is 0 Å². The van der Waals surface area contributed by atoms with Gasteiger partial charge >= 0.3 is 0 Å². The maximum atomic E-state index is 12.9. The molecule has 0 aliphatic carbocycles. The Labute approximate surface area is 135 Å². The van der Waals surface area contributed by atoms with Crippen molar-refractivity contribution >= 4 is 33.6 Å². The van der Waals surface area contributed by atoms with Crippen molar-refractivity contribution in [2.45, 2.75) is 0 Å². The zero-order valence-electron chi connectivity index (χ0n) is 13.2. The maximum absolute atomic E-state index is 12.9. The molecule has 4 N–H and O–H groups in total. The summed E-state index contributed by atoms with van der Waals surface area (Å²) in [5.74, 6) is -0.0782. The number of hydrogen-bond donors (Lipinski definition) is 2. The highest BCUT2D eigenvalue weighted by Gasteiger charge is 2.15. The summed E-state index contributed by atoms with van der Waals surface area (Å²) in [5.41, 5.74) is 14.8. The number of nitrogens with two attached hydrogens (primary N) is 2. The first-order valence-electron chi connectivity index (χ1n) is 7.37. The molecular formula is C19H19N3O. The van der Waals surface area contributed by atoms with Gasteiger partial charge in [0.2, 0.25) is 0 Å². The lowest BCUT2D eigenvalue weighted by molar-refractivity contribution is 0.104. The van der Waals surface area contributed by atoms with Crippen molar-refractivity contribution < 1.29 is 4.79 Å². The lowest BCUT2D eigenvalue weighted by Crippen LogP contribution is -2.10. The summed E-state index contributed by atoms with van der Waals surface area (Å²) < 4.78 is 0. The van der Waals surface area contributed by atoms with E-state index in [0.29, 0.717) is 22.5 Å². The quantitative estimate of drug-likeness (QED) is 0.575. The number of fused-ring (bicyclic) bond motifs is 1. The molecule has 0 saturated carbocycles. The van der Waals surface area contributed by atoms with Crippen LogP contribution in [0.3, 0.4) is 0 Å². The van der Waals surface area contributed by atoms with Crippen molar-refractivity contribution in [3.63, 3.8) is 0 Å². The molecule has 0 amide bonds. The molecule has 0 spiro atoms. The van der Waals surface area contributed by atoms with Gasteiger partial charge < -0.3 is 16.4 Å². The molecule has 0 aliphatic heterocycles. The number of rotatable bonds is 3. The Bertz CT molecular complexity index is 880. The summed E-state index contributed by atoms with van der Waals surface area (Å²) in [4.78, 5) is 15.0. The third-order valence-corrected chi connectivity index (χ3v) is 3.87. The van der Waals surface area contributed by atoms with E-state index in [9.17, 15) is 4.79 Å². The van der Waals surface area contributed by atoms with E-state index < -0.39 is 0 Å². The number of benzene rings is 3. The summed E-state index contributed by atoms with van der Waals surface area (Å²) >= 11 is 0. The normalized spacial score (nSPS) is 10.7. The van der Waals surface area contributed by atoms with Crippen LogP contribution in [-0.2, 0) is 0 Å². The minimum Gasteiger partial charge on any atom is -0.399 e. The van der Waals surface area contributed by atoms with E-state index in [1.165, 1.54) is 0 Å². The van der Waals surface area contributed by atoms with Gasteiger partial charge in [0, 0.05) is 47.7 Å². The third-order valence-electron chi connectivity index (χ3n) is 3.87. The molecule has 0 fully saturated rings. The van der Waals surface area contributed by atoms with E-state index in [1.807, 2.05) is 55.4 Å². The second-order valence-corrected chi connectivity index (χ2v) is 5.79. The van der Waals surface area contributed by atoms with Crippen molar-refractivity contribution in [3.8, 4) is 0 Å². The number of ketones is 1. The fourth-order valence-electron chi connectivity index (χ4n) is 2.83. The first kappa shape index (κ1) is 14.9. The monoisotopic (exact) mass is 305 g/mol. The van der Waals surface area contributed by atoms with Crippen LogP contribution in [-0.4, -0.2) is 19.9 Å². The zero-order chi connectivity index (χ0) is 16.6. The highest BCUT2D eigenvalue weighted by atomic mass is 16.1. The Balaban J connectivity index is 2.20. The van der Waals surface area contributed by atoms with Crippen LogP contribution < -0.4 is 16.4 Å². The number of carbonyl (C=O) groups is 1. The van der Waals surface area contributed by atoms with Crippen LogP contribution in [0.2, 0.25) is 0 Å². The average molecular weight is 305 g/mol. The third kappa shape index (κ3) is 2.71. The van der Waals surface area contributed by atoms with Crippen molar-refractivity contribution in [2.24, 2.45) is 0 Å². The highest BCUT2D eigenvalue weighted by Crippen LogP contribution is 2.30. The fraction of sp³-hybridized carbons (Fsp3) is 0.105. The summed E-state index contributed by atoms with van der Waals surface area (Å²) in [7, 11) is 3.98. The Morgan fingerprint density at radius 2 is 1.48 bits per heavy atom. The lowest BCUT2D eigenvalue weighted by atomic mass is 9.95. The van der Waals surface area contributed by atoms with Crippen LogP contribution in [0.4, 0.5) is 17.1 Å². The van der Waals surface area contributed by atoms with Crippen LogP contribution >= 0.6 is 0 Å². The summed E-state index contributed by atoms with van der Waals surface area (Å²) in [6.45, 7) is 0. The molecule has 0 bridgehead atoms. The molecular weight excluding hydrogens is 286 g/mol. The Hall–Kier alpha value is -3.01. The Morgan fingerprint density at radius 1 is 0.870 bits per heavy atom. The van der Waals surface area contributed by atoms with Gasteiger partial charge in [-0.2, -0.15) is 0 Å². The summed E-state index contributed by atoms with van der Waals surface area (Å²) in [6, 6.07) is 16.7. The van der Waals surface area contributed by atoms with Gasteiger partial charge in [0.25, 0.3) is 0 Å². The Morgan fingerprint density at radius 3 is 2.09 bits per heavy atom. The summed E-state index contributed by atoms with van der Waals surface area (Å²) in [5, 5.41) is 1.96. The number of nitrogen functional groups attached to an aromatic ring is 2. The van der Waals surface area contributed by atoms with E-state index in [0.717, 1.165) is 16.5 Å². The molecule has 3 aromatic rings. The average Bonchev–Trinajstić information content (AvgIpc) is 2.52. The molecule has 0 heterocycles. The van der Waals surface area contributed by atoms with Gasteiger partial charge in [-0.15, -0.1) is 0 Å². The van der Waals surface area contributed by atoms with E-state index >= 15 is 0 Å². The van der Waals surface area contributed by atoms with Crippen LogP contribution in [0.5, 0.6) is 0 Å². The summed E-state index contributed by atoms with van der Waals surface area (Å²) in [6.07, 6.45) is 0. The van der Waals surface area contributed by atoms with Gasteiger partial charge in [-0.3, -0.25) is 4.79 Å². The predicted molar refractivity (Wildman–Crippen MR) is 97.0 cm³/mol. The number of hydrogen-bond acceptors (Lipinski definition) is 4. The van der Waals surface area contributed by atoms with Crippen LogP contribution in [0.15, 0.2) is 54.6 Å². The molecule has 0 unspecified atom stereocenters. The molecule has 3 rings (SSSR count). The standard InChI is InChI=1S/C19H19N3O/c1-22(2)18-8-7-17(15-5-3-4-6-16(15)18)19(23)12-9-13(20)11-14(21)10-12/h3-11H,20-21H2,1-2H3. The van der Waals surface area contributed by atoms with Gasteiger partial charge in [0.05, 0.1) is 0 Å². The van der Waals surface area contributed by atoms with E-state index in [1.54, 1.807) is 18.2 Å². The van der Waals surface area contributed by atoms with Crippen molar-refractivity contribution in [1.82, 2.24) is 0 Å². The number of carbonyl (C=O) groups excluding carboxylic acids is 1.